The van der Waals surface area contributed by atoms with Crippen molar-refractivity contribution in [2.75, 3.05) is 18.5 Å². The molecular weight excluding hydrogens is 228 g/mol. The zero-order valence-corrected chi connectivity index (χ0v) is 10.9. The van der Waals surface area contributed by atoms with Gasteiger partial charge in [-0.2, -0.15) is 0 Å². The predicted molar refractivity (Wildman–Crippen MR) is 71.5 cm³/mol. The van der Waals surface area contributed by atoms with E-state index in [4.69, 9.17) is 0 Å². The maximum atomic E-state index is 11.7. The molecule has 0 heterocycles. The molecule has 1 amide bonds. The molecule has 0 unspecified atom stereocenters. The third-order valence-corrected chi connectivity index (χ3v) is 3.14. The quantitative estimate of drug-likeness (QED) is 0.823. The third kappa shape index (κ3) is 3.23. The number of aryl methyl sites for hydroxylation is 1. The van der Waals surface area contributed by atoms with Gasteiger partial charge in [-0.1, -0.05) is 17.7 Å². The van der Waals surface area contributed by atoms with Crippen molar-refractivity contribution in [1.82, 2.24) is 5.32 Å². The number of carbonyl (C=O) groups is 1. The summed E-state index contributed by atoms with van der Waals surface area (Å²) in [7, 11) is 1.87. The van der Waals surface area contributed by atoms with Crippen LogP contribution in [0.1, 0.15) is 24.0 Å². The highest BCUT2D eigenvalue weighted by atomic mass is 16.3. The molecule has 2 N–H and O–H groups in total. The molecule has 0 bridgehead atoms. The maximum absolute atomic E-state index is 11.7. The van der Waals surface area contributed by atoms with Gasteiger partial charge in [0.25, 0.3) is 0 Å². The van der Waals surface area contributed by atoms with Crippen molar-refractivity contribution < 1.29 is 9.90 Å². The molecule has 1 saturated carbocycles. The van der Waals surface area contributed by atoms with Crippen molar-refractivity contribution in [2.45, 2.75) is 32.4 Å². The van der Waals surface area contributed by atoms with Crippen LogP contribution in [0.5, 0.6) is 0 Å². The van der Waals surface area contributed by atoms with E-state index in [1.54, 1.807) is 0 Å². The largest absolute Gasteiger partial charge is 0.392 e. The topological polar surface area (TPSA) is 52.6 Å². The average molecular weight is 248 g/mol. The van der Waals surface area contributed by atoms with Crippen molar-refractivity contribution in [1.29, 1.82) is 0 Å². The fourth-order valence-corrected chi connectivity index (χ4v) is 2.01. The monoisotopic (exact) mass is 248 g/mol. The molecule has 1 aliphatic rings. The molecule has 1 fully saturated rings. The highest BCUT2D eigenvalue weighted by Crippen LogP contribution is 2.21. The first-order valence-corrected chi connectivity index (χ1v) is 6.31. The molecule has 0 saturated heterocycles. The maximum Gasteiger partial charge on any atom is 0.239 e. The molecule has 2 rings (SSSR count). The van der Waals surface area contributed by atoms with Gasteiger partial charge in [-0.05, 0) is 25.8 Å². The molecule has 4 nitrogen and oxygen atoms in total. The molecule has 98 valence electrons. The van der Waals surface area contributed by atoms with Gasteiger partial charge in [0.05, 0.1) is 13.2 Å². The Labute approximate surface area is 108 Å². The molecule has 0 radical (unpaired) electrons. The summed E-state index contributed by atoms with van der Waals surface area (Å²) in [6.45, 7) is 2.31. The number of nitrogens with one attached hydrogen (secondary N) is 1. The van der Waals surface area contributed by atoms with E-state index in [1.165, 1.54) is 0 Å². The van der Waals surface area contributed by atoms with Gasteiger partial charge in [0.2, 0.25) is 5.91 Å². The second-order valence-corrected chi connectivity index (χ2v) is 4.99. The molecule has 0 atom stereocenters. The molecule has 0 aromatic heterocycles. The normalized spacial score (nSPS) is 14.4. The summed E-state index contributed by atoms with van der Waals surface area (Å²) in [6, 6.07) is 6.28. The predicted octanol–water partition coefficient (Wildman–Crippen LogP) is 1.20. The van der Waals surface area contributed by atoms with Crippen LogP contribution in [0.4, 0.5) is 5.69 Å². The summed E-state index contributed by atoms with van der Waals surface area (Å²) in [5.74, 6) is 0.0458. The number of carbonyl (C=O) groups excluding carboxylic acids is 1. The molecule has 0 aliphatic heterocycles. The Kier molecular flexibility index (Phi) is 3.87. The van der Waals surface area contributed by atoms with E-state index in [2.05, 4.69) is 5.32 Å². The van der Waals surface area contributed by atoms with Crippen molar-refractivity contribution in [2.24, 2.45) is 0 Å². The fourth-order valence-electron chi connectivity index (χ4n) is 2.01. The number of aliphatic hydroxyl groups excluding tert-OH is 1. The minimum Gasteiger partial charge on any atom is -0.392 e. The molecule has 1 aromatic carbocycles. The van der Waals surface area contributed by atoms with E-state index in [-0.39, 0.29) is 12.5 Å². The number of aliphatic hydroxyl groups is 1. The fraction of sp³-hybridized carbons (Fsp3) is 0.500. The summed E-state index contributed by atoms with van der Waals surface area (Å²) in [6.07, 6.45) is 2.20. The van der Waals surface area contributed by atoms with Gasteiger partial charge in [-0.25, -0.2) is 0 Å². The second kappa shape index (κ2) is 5.40. The van der Waals surface area contributed by atoms with Crippen LogP contribution < -0.4 is 10.2 Å². The van der Waals surface area contributed by atoms with Gasteiger partial charge >= 0.3 is 0 Å². The lowest BCUT2D eigenvalue weighted by molar-refractivity contribution is -0.119. The number of hydrogen-bond donors (Lipinski definition) is 2. The van der Waals surface area contributed by atoms with Gasteiger partial charge in [-0.15, -0.1) is 0 Å². The Bertz CT molecular complexity index is 441. The summed E-state index contributed by atoms with van der Waals surface area (Å²) in [5, 5.41) is 12.3. The van der Waals surface area contributed by atoms with Crippen molar-refractivity contribution in [3.8, 4) is 0 Å². The van der Waals surface area contributed by atoms with E-state index in [0.29, 0.717) is 12.6 Å². The zero-order valence-electron chi connectivity index (χ0n) is 10.9. The zero-order chi connectivity index (χ0) is 13.1. The lowest BCUT2D eigenvalue weighted by Crippen LogP contribution is -2.36. The number of rotatable bonds is 5. The number of amides is 1. The first kappa shape index (κ1) is 12.9. The van der Waals surface area contributed by atoms with Crippen LogP contribution in [0.3, 0.4) is 0 Å². The Morgan fingerprint density at radius 3 is 2.83 bits per heavy atom. The van der Waals surface area contributed by atoms with Gasteiger partial charge in [-0.3, -0.25) is 4.79 Å². The Balaban J connectivity index is 2.02. The Morgan fingerprint density at radius 1 is 1.50 bits per heavy atom. The average Bonchev–Trinajstić information content (AvgIpc) is 3.12. The Hall–Kier alpha value is -1.55. The van der Waals surface area contributed by atoms with E-state index < -0.39 is 0 Å². The van der Waals surface area contributed by atoms with Crippen molar-refractivity contribution in [3.05, 3.63) is 29.3 Å². The molecule has 4 heteroatoms. The number of nitrogens with zero attached hydrogens (tertiary/aromatic N) is 1. The SMILES string of the molecule is Cc1ccc(N(C)CC(=O)NC2CC2)c(CO)c1. The first-order valence-electron chi connectivity index (χ1n) is 6.31. The van der Waals surface area contributed by atoms with Crippen LogP contribution in [0, 0.1) is 6.92 Å². The van der Waals surface area contributed by atoms with Gasteiger partial charge in [0, 0.05) is 24.3 Å². The Morgan fingerprint density at radius 2 is 2.22 bits per heavy atom. The van der Waals surface area contributed by atoms with Gasteiger partial charge < -0.3 is 15.3 Å². The second-order valence-electron chi connectivity index (χ2n) is 4.99. The van der Waals surface area contributed by atoms with Gasteiger partial charge in [0.1, 0.15) is 0 Å². The smallest absolute Gasteiger partial charge is 0.239 e. The number of benzene rings is 1. The van der Waals surface area contributed by atoms with Crippen LogP contribution >= 0.6 is 0 Å². The highest BCUT2D eigenvalue weighted by Gasteiger charge is 2.23. The van der Waals surface area contributed by atoms with Crippen LogP contribution in [0.25, 0.3) is 0 Å². The van der Waals surface area contributed by atoms with E-state index in [1.807, 2.05) is 37.1 Å². The summed E-state index contributed by atoms with van der Waals surface area (Å²) >= 11 is 0. The number of anilines is 1. The molecule has 1 aliphatic carbocycles. The van der Waals surface area contributed by atoms with Crippen LogP contribution in [-0.2, 0) is 11.4 Å². The lowest BCUT2D eigenvalue weighted by atomic mass is 10.1. The minimum absolute atomic E-state index is 0.00834. The summed E-state index contributed by atoms with van der Waals surface area (Å²) in [5.41, 5.74) is 2.88. The van der Waals surface area contributed by atoms with E-state index >= 15 is 0 Å². The molecule has 18 heavy (non-hydrogen) atoms. The van der Waals surface area contributed by atoms with Gasteiger partial charge in [0.15, 0.2) is 0 Å². The van der Waals surface area contributed by atoms with Crippen molar-refractivity contribution >= 4 is 11.6 Å². The minimum atomic E-state index is -0.00834. The van der Waals surface area contributed by atoms with Crippen LogP contribution in [-0.4, -0.2) is 30.6 Å². The van der Waals surface area contributed by atoms with E-state index in [9.17, 15) is 9.90 Å². The summed E-state index contributed by atoms with van der Waals surface area (Å²) in [4.78, 5) is 13.6. The van der Waals surface area contributed by atoms with Crippen LogP contribution in [0.15, 0.2) is 18.2 Å². The number of hydrogen-bond acceptors (Lipinski definition) is 3. The highest BCUT2D eigenvalue weighted by molar-refractivity contribution is 5.82. The van der Waals surface area contributed by atoms with Crippen LogP contribution in [0.2, 0.25) is 0 Å². The van der Waals surface area contributed by atoms with Crippen molar-refractivity contribution in [3.63, 3.8) is 0 Å². The lowest BCUT2D eigenvalue weighted by Gasteiger charge is -2.21. The third-order valence-electron chi connectivity index (χ3n) is 3.14. The number of likely N-dealkylation sites (N-methyl/N-ethyl adjacent to an activating group) is 1. The standard InChI is InChI=1S/C14H20N2O2/c1-10-3-6-13(11(7-10)9-17)16(2)8-14(18)15-12-4-5-12/h3,6-7,12,17H,4-5,8-9H2,1-2H3,(H,15,18). The molecule has 1 aromatic rings. The molecular formula is C14H20N2O2. The first-order chi connectivity index (χ1) is 8.60. The van der Waals surface area contributed by atoms with E-state index in [0.717, 1.165) is 29.7 Å². The molecule has 0 spiro atoms. The summed E-state index contributed by atoms with van der Waals surface area (Å²) < 4.78 is 0.